The summed E-state index contributed by atoms with van der Waals surface area (Å²) in [5.74, 6) is 0.659. The van der Waals surface area contributed by atoms with Gasteiger partial charge in [-0.2, -0.15) is 0 Å². The van der Waals surface area contributed by atoms with Crippen LogP contribution in [0.2, 0.25) is 10.0 Å². The Morgan fingerprint density at radius 1 is 1.03 bits per heavy atom. The molecule has 0 aliphatic carbocycles. The lowest BCUT2D eigenvalue weighted by Crippen LogP contribution is -2.19. The van der Waals surface area contributed by atoms with Gasteiger partial charge in [0.2, 0.25) is 5.95 Å². The van der Waals surface area contributed by atoms with Crippen LogP contribution in [0, 0.1) is 10.1 Å². The predicted octanol–water partition coefficient (Wildman–Crippen LogP) is 6.31. The Morgan fingerprint density at radius 3 is 2.57 bits per heavy atom. The molecule has 1 aromatic heterocycles. The van der Waals surface area contributed by atoms with Crippen LogP contribution >= 0.6 is 23.2 Å². The number of anilines is 1. The summed E-state index contributed by atoms with van der Waals surface area (Å²) >= 11 is 12.1. The number of fused-ring (bicyclic) bond motifs is 3. The molecule has 2 heterocycles. The van der Waals surface area contributed by atoms with Crippen LogP contribution in [0.3, 0.4) is 0 Å². The van der Waals surface area contributed by atoms with Gasteiger partial charge in [0.1, 0.15) is 5.02 Å². The van der Waals surface area contributed by atoms with E-state index in [0.29, 0.717) is 11.0 Å². The zero-order chi connectivity index (χ0) is 20.8. The number of halogens is 2. The van der Waals surface area contributed by atoms with Crippen molar-refractivity contribution in [3.05, 3.63) is 104 Å². The number of nitro groups is 1. The second kappa shape index (κ2) is 7.16. The molecule has 0 unspecified atom stereocenters. The molecule has 5 rings (SSSR count). The predicted molar refractivity (Wildman–Crippen MR) is 119 cm³/mol. The molecule has 4 aromatic rings. The summed E-state index contributed by atoms with van der Waals surface area (Å²) in [4.78, 5) is 15.7. The highest BCUT2D eigenvalue weighted by atomic mass is 35.5. The highest BCUT2D eigenvalue weighted by Gasteiger charge is 2.27. The van der Waals surface area contributed by atoms with Crippen molar-refractivity contribution < 1.29 is 4.92 Å². The number of rotatable bonds is 3. The zero-order valence-corrected chi connectivity index (χ0v) is 16.9. The van der Waals surface area contributed by atoms with Crippen molar-refractivity contribution in [3.63, 3.8) is 0 Å². The van der Waals surface area contributed by atoms with Crippen LogP contribution in [0.15, 0.2) is 72.8 Å². The topological polar surface area (TPSA) is 73.0 Å². The molecule has 8 heteroatoms. The second-order valence-corrected chi connectivity index (χ2v) is 7.76. The fourth-order valence-electron chi connectivity index (χ4n) is 3.71. The Bertz CT molecular complexity index is 1330. The van der Waals surface area contributed by atoms with E-state index >= 15 is 0 Å². The van der Waals surface area contributed by atoms with E-state index < -0.39 is 4.92 Å². The minimum atomic E-state index is -0.469. The van der Waals surface area contributed by atoms with Crippen LogP contribution in [-0.4, -0.2) is 14.5 Å². The first-order valence-corrected chi connectivity index (χ1v) is 9.92. The number of benzene rings is 3. The molecule has 1 aliphatic heterocycles. The molecule has 30 heavy (non-hydrogen) atoms. The van der Waals surface area contributed by atoms with E-state index in [1.54, 1.807) is 12.1 Å². The molecule has 1 aliphatic rings. The summed E-state index contributed by atoms with van der Waals surface area (Å²) < 4.78 is 2.03. The molecule has 0 spiro atoms. The SMILES string of the molecule is O=[N+]([O-])c1cc([C@H]2C=C(c3ccc(Cl)cc3)Nc3nc4ccccc4n32)ccc1Cl. The average Bonchev–Trinajstić information content (AvgIpc) is 3.12. The molecule has 0 bridgehead atoms. The summed E-state index contributed by atoms with van der Waals surface area (Å²) in [5.41, 5.74) is 4.15. The van der Waals surface area contributed by atoms with Gasteiger partial charge in [0.25, 0.3) is 5.69 Å². The van der Waals surface area contributed by atoms with Gasteiger partial charge < -0.3 is 5.32 Å². The smallest absolute Gasteiger partial charge is 0.288 e. The summed E-state index contributed by atoms with van der Waals surface area (Å²) in [6.45, 7) is 0. The molecule has 0 amide bonds. The maximum absolute atomic E-state index is 11.4. The molecule has 3 aromatic carbocycles. The maximum Gasteiger partial charge on any atom is 0.288 e. The van der Waals surface area contributed by atoms with Gasteiger partial charge in [-0.05, 0) is 47.5 Å². The van der Waals surface area contributed by atoms with E-state index in [2.05, 4.69) is 5.32 Å². The highest BCUT2D eigenvalue weighted by molar-refractivity contribution is 6.32. The van der Waals surface area contributed by atoms with E-state index in [1.165, 1.54) is 6.07 Å². The Labute approximate surface area is 181 Å². The van der Waals surface area contributed by atoms with Gasteiger partial charge in [-0.3, -0.25) is 14.7 Å². The summed E-state index contributed by atoms with van der Waals surface area (Å²) in [6, 6.07) is 19.8. The van der Waals surface area contributed by atoms with Gasteiger partial charge in [-0.1, -0.05) is 53.5 Å². The van der Waals surface area contributed by atoms with Crippen molar-refractivity contribution in [1.82, 2.24) is 9.55 Å². The lowest BCUT2D eigenvalue weighted by atomic mass is 10.0. The lowest BCUT2D eigenvalue weighted by Gasteiger charge is -2.26. The molecule has 1 N–H and O–H groups in total. The van der Waals surface area contributed by atoms with Crippen LogP contribution in [0.4, 0.5) is 11.6 Å². The van der Waals surface area contributed by atoms with E-state index in [4.69, 9.17) is 28.2 Å². The van der Waals surface area contributed by atoms with Gasteiger partial charge in [-0.15, -0.1) is 0 Å². The summed E-state index contributed by atoms with van der Waals surface area (Å²) in [6.07, 6.45) is 2.03. The standard InChI is InChI=1S/C22H14Cl2N4O2/c23-15-8-5-13(6-9-15)18-12-20(14-7-10-16(24)21(11-14)28(29)30)27-19-4-2-1-3-17(19)25-22(27)26-18/h1-12,20H,(H,25,26)/t20-/m1/s1. The molecule has 6 nitrogen and oxygen atoms in total. The molecular formula is C22H14Cl2N4O2. The Morgan fingerprint density at radius 2 is 1.80 bits per heavy atom. The molecule has 0 radical (unpaired) electrons. The molecule has 148 valence electrons. The van der Waals surface area contributed by atoms with Crippen LogP contribution in [0.25, 0.3) is 16.7 Å². The lowest BCUT2D eigenvalue weighted by molar-refractivity contribution is -0.384. The Hall–Kier alpha value is -3.35. The second-order valence-electron chi connectivity index (χ2n) is 6.92. The van der Waals surface area contributed by atoms with Crippen molar-refractivity contribution >= 4 is 51.6 Å². The largest absolute Gasteiger partial charge is 0.325 e. The van der Waals surface area contributed by atoms with E-state index in [-0.39, 0.29) is 16.8 Å². The maximum atomic E-state index is 11.4. The molecule has 0 fully saturated rings. The normalized spacial score (nSPS) is 15.4. The average molecular weight is 437 g/mol. The van der Waals surface area contributed by atoms with Crippen LogP contribution in [0.1, 0.15) is 17.2 Å². The Kier molecular flexibility index (Phi) is 4.46. The number of nitro benzene ring substituents is 1. The summed E-state index contributed by atoms with van der Waals surface area (Å²) in [5, 5.41) is 15.6. The monoisotopic (exact) mass is 436 g/mol. The number of hydrogen-bond acceptors (Lipinski definition) is 4. The molecule has 1 atom stereocenters. The van der Waals surface area contributed by atoms with E-state index in [9.17, 15) is 10.1 Å². The third-order valence-corrected chi connectivity index (χ3v) is 5.68. The molecule has 0 saturated heterocycles. The third-order valence-electron chi connectivity index (χ3n) is 5.11. The van der Waals surface area contributed by atoms with Crippen LogP contribution in [0.5, 0.6) is 0 Å². The number of para-hydroxylation sites is 2. The fourth-order valence-corrected chi connectivity index (χ4v) is 4.02. The van der Waals surface area contributed by atoms with Crippen LogP contribution < -0.4 is 5.32 Å². The quantitative estimate of drug-likeness (QED) is 0.301. The van der Waals surface area contributed by atoms with Crippen molar-refractivity contribution in [2.45, 2.75) is 6.04 Å². The molecule has 0 saturated carbocycles. The number of imidazole rings is 1. The fraction of sp³-hybridized carbons (Fsp3) is 0.0455. The number of nitrogens with zero attached hydrogens (tertiary/aromatic N) is 3. The van der Waals surface area contributed by atoms with Gasteiger partial charge in [0.15, 0.2) is 0 Å². The highest BCUT2D eigenvalue weighted by Crippen LogP contribution is 2.38. The van der Waals surface area contributed by atoms with Gasteiger partial charge in [0, 0.05) is 16.8 Å². The third kappa shape index (κ3) is 3.10. The van der Waals surface area contributed by atoms with Crippen molar-refractivity contribution in [3.8, 4) is 0 Å². The number of allylic oxidation sites excluding steroid dienone is 1. The summed E-state index contributed by atoms with van der Waals surface area (Å²) in [7, 11) is 0. The Balaban J connectivity index is 1.73. The van der Waals surface area contributed by atoms with E-state index in [1.807, 2.05) is 59.2 Å². The van der Waals surface area contributed by atoms with Gasteiger partial charge >= 0.3 is 0 Å². The minimum Gasteiger partial charge on any atom is -0.325 e. The zero-order valence-electron chi connectivity index (χ0n) is 15.4. The van der Waals surface area contributed by atoms with Gasteiger partial charge in [-0.25, -0.2) is 4.98 Å². The minimum absolute atomic E-state index is 0.107. The number of aromatic nitrogens is 2. The first-order chi connectivity index (χ1) is 14.5. The first-order valence-electron chi connectivity index (χ1n) is 9.17. The van der Waals surface area contributed by atoms with Crippen LogP contribution in [-0.2, 0) is 0 Å². The van der Waals surface area contributed by atoms with E-state index in [0.717, 1.165) is 27.9 Å². The number of nitrogens with one attached hydrogen (secondary N) is 1. The van der Waals surface area contributed by atoms with Crippen molar-refractivity contribution in [1.29, 1.82) is 0 Å². The first kappa shape index (κ1) is 18.7. The molecular weight excluding hydrogens is 423 g/mol. The van der Waals surface area contributed by atoms with Crippen molar-refractivity contribution in [2.75, 3.05) is 5.32 Å². The number of hydrogen-bond donors (Lipinski definition) is 1. The van der Waals surface area contributed by atoms with Gasteiger partial charge in [0.05, 0.1) is 22.0 Å². The van der Waals surface area contributed by atoms with Crippen molar-refractivity contribution in [2.24, 2.45) is 0 Å².